The lowest BCUT2D eigenvalue weighted by molar-refractivity contribution is -0.138. The molecule has 12 heteroatoms. The molecule has 2 heterocycles. The average Bonchev–Trinajstić information content (AvgIpc) is 3.56. The van der Waals surface area contributed by atoms with Crippen molar-refractivity contribution in [1.29, 1.82) is 0 Å². The molecule has 0 radical (unpaired) electrons. The lowest BCUT2D eigenvalue weighted by Crippen LogP contribution is -2.56. The molecule has 0 spiro atoms. The Balaban J connectivity index is 1.50. The molecule has 1 aliphatic carbocycles. The van der Waals surface area contributed by atoms with Crippen LogP contribution >= 0.6 is 0 Å². The molecule has 2 aliphatic rings. The van der Waals surface area contributed by atoms with Gasteiger partial charge < -0.3 is 20.6 Å². The Morgan fingerprint density at radius 1 is 1.02 bits per heavy atom. The van der Waals surface area contributed by atoms with Crippen molar-refractivity contribution in [1.82, 2.24) is 30.2 Å². The number of aryl methyl sites for hydroxylation is 1. The van der Waals surface area contributed by atoms with E-state index in [1.807, 2.05) is 6.92 Å². The minimum Gasteiger partial charge on any atom is -0.395 e. The molecule has 1 aromatic heterocycles. The topological polar surface area (TPSA) is 137 Å². The number of halogens is 1. The van der Waals surface area contributed by atoms with Crippen molar-refractivity contribution in [2.75, 3.05) is 39.3 Å². The number of carbonyl (C=O) groups excluding carboxylic acids is 4. The highest BCUT2D eigenvalue weighted by molar-refractivity contribution is 5.97. The molecule has 47 heavy (non-hydrogen) atoms. The van der Waals surface area contributed by atoms with Crippen LogP contribution in [-0.2, 0) is 27.3 Å². The summed E-state index contributed by atoms with van der Waals surface area (Å²) in [5.74, 6) is -1.71. The predicted molar refractivity (Wildman–Crippen MR) is 176 cm³/mol. The molecule has 2 fully saturated rings. The van der Waals surface area contributed by atoms with Crippen molar-refractivity contribution >= 4 is 23.5 Å². The maximum absolute atomic E-state index is 15.7. The fourth-order valence-corrected chi connectivity index (χ4v) is 6.76. The first kappa shape index (κ1) is 36.2. The van der Waals surface area contributed by atoms with Gasteiger partial charge in [0.05, 0.1) is 12.6 Å². The number of aromatic nitrogens is 2. The molecule has 2 aromatic rings. The SMILES string of the molecule is CCC(=O)N[C@@H](C(=O)N1CCN(CCO)CC1)[C@@H](C)c1ccc(CC(=O)[C@@H](NC(=O)c2ccnn2CC)C2CCC(C)CC2)c(F)c1. The van der Waals surface area contributed by atoms with E-state index in [9.17, 15) is 24.3 Å². The first-order chi connectivity index (χ1) is 22.6. The van der Waals surface area contributed by atoms with Crippen LogP contribution in [0, 0.1) is 17.7 Å². The third-order valence-corrected chi connectivity index (χ3v) is 9.89. The van der Waals surface area contributed by atoms with Crippen LogP contribution < -0.4 is 10.6 Å². The number of aliphatic hydroxyl groups excluding tert-OH is 1. The molecule has 0 unspecified atom stereocenters. The van der Waals surface area contributed by atoms with Gasteiger partial charge in [0.2, 0.25) is 11.8 Å². The zero-order chi connectivity index (χ0) is 34.1. The quantitative estimate of drug-likeness (QED) is 0.285. The van der Waals surface area contributed by atoms with Crippen LogP contribution in [0.3, 0.4) is 0 Å². The third-order valence-electron chi connectivity index (χ3n) is 9.89. The highest BCUT2D eigenvalue weighted by Crippen LogP contribution is 2.32. The number of ketones is 1. The second kappa shape index (κ2) is 17.0. The predicted octanol–water partition coefficient (Wildman–Crippen LogP) is 2.91. The fraction of sp³-hybridized carbons (Fsp3) is 0.629. The summed E-state index contributed by atoms with van der Waals surface area (Å²) in [6.45, 7) is 10.9. The maximum Gasteiger partial charge on any atom is 0.270 e. The maximum atomic E-state index is 15.7. The van der Waals surface area contributed by atoms with Gasteiger partial charge in [0.15, 0.2) is 5.78 Å². The van der Waals surface area contributed by atoms with Crippen molar-refractivity contribution in [2.24, 2.45) is 11.8 Å². The van der Waals surface area contributed by atoms with Crippen LogP contribution in [0.15, 0.2) is 30.5 Å². The van der Waals surface area contributed by atoms with Crippen LogP contribution in [0.1, 0.15) is 87.3 Å². The summed E-state index contributed by atoms with van der Waals surface area (Å²) in [4.78, 5) is 56.9. The zero-order valence-electron chi connectivity index (χ0n) is 28.2. The number of hydrogen-bond donors (Lipinski definition) is 3. The number of benzene rings is 1. The largest absolute Gasteiger partial charge is 0.395 e. The van der Waals surface area contributed by atoms with E-state index in [1.54, 1.807) is 47.8 Å². The second-order valence-corrected chi connectivity index (χ2v) is 13.1. The van der Waals surface area contributed by atoms with Crippen LogP contribution in [0.4, 0.5) is 4.39 Å². The van der Waals surface area contributed by atoms with Crippen molar-refractivity contribution in [2.45, 2.75) is 90.8 Å². The lowest BCUT2D eigenvalue weighted by atomic mass is 9.77. The smallest absolute Gasteiger partial charge is 0.270 e. The molecule has 1 saturated heterocycles. The van der Waals surface area contributed by atoms with Crippen molar-refractivity contribution in [3.63, 3.8) is 0 Å². The fourth-order valence-electron chi connectivity index (χ4n) is 6.76. The van der Waals surface area contributed by atoms with Gasteiger partial charge in [-0.25, -0.2) is 4.39 Å². The van der Waals surface area contributed by atoms with Crippen LogP contribution in [0.25, 0.3) is 0 Å². The summed E-state index contributed by atoms with van der Waals surface area (Å²) in [6.07, 6.45) is 5.11. The number of β-amino-alcohol motifs (C(OH)–C–C–N with tert-alkyl or cyclic N) is 1. The Morgan fingerprint density at radius 2 is 1.72 bits per heavy atom. The van der Waals surface area contributed by atoms with Gasteiger partial charge >= 0.3 is 0 Å². The summed E-state index contributed by atoms with van der Waals surface area (Å²) >= 11 is 0. The Kier molecular flexibility index (Phi) is 13.1. The van der Waals surface area contributed by atoms with Crippen molar-refractivity contribution in [3.05, 3.63) is 53.1 Å². The summed E-state index contributed by atoms with van der Waals surface area (Å²) < 4.78 is 17.3. The number of nitrogens with zero attached hydrogens (tertiary/aromatic N) is 4. The summed E-state index contributed by atoms with van der Waals surface area (Å²) in [5.41, 5.74) is 1.13. The third kappa shape index (κ3) is 9.25. The van der Waals surface area contributed by atoms with E-state index in [1.165, 1.54) is 6.07 Å². The highest BCUT2D eigenvalue weighted by atomic mass is 19.1. The van der Waals surface area contributed by atoms with E-state index in [0.29, 0.717) is 56.4 Å². The van der Waals surface area contributed by atoms with Crippen LogP contribution in [0.5, 0.6) is 0 Å². The average molecular weight is 655 g/mol. The van der Waals surface area contributed by atoms with Crippen molar-refractivity contribution < 1.29 is 28.7 Å². The Bertz CT molecular complexity index is 1380. The van der Waals surface area contributed by atoms with Crippen LogP contribution in [-0.4, -0.2) is 99.6 Å². The number of nitrogens with one attached hydrogen (secondary N) is 2. The number of carbonyl (C=O) groups is 4. The molecule has 3 N–H and O–H groups in total. The summed E-state index contributed by atoms with van der Waals surface area (Å²) in [5, 5.41) is 19.2. The van der Waals surface area contributed by atoms with Gasteiger partial charge in [-0.3, -0.25) is 28.8 Å². The van der Waals surface area contributed by atoms with E-state index in [0.717, 1.165) is 25.7 Å². The monoisotopic (exact) mass is 654 g/mol. The van der Waals surface area contributed by atoms with E-state index < -0.39 is 23.8 Å². The summed E-state index contributed by atoms with van der Waals surface area (Å²) in [7, 11) is 0. The molecule has 4 rings (SSSR count). The molecule has 0 bridgehead atoms. The van der Waals surface area contributed by atoms with Gasteiger partial charge in [0.25, 0.3) is 5.91 Å². The van der Waals surface area contributed by atoms with Gasteiger partial charge in [0, 0.05) is 64.2 Å². The van der Waals surface area contributed by atoms with E-state index >= 15 is 4.39 Å². The summed E-state index contributed by atoms with van der Waals surface area (Å²) in [6, 6.07) is 4.62. The molecule has 1 aromatic carbocycles. The standard InChI is InChI=1S/C35H51FN6O5/c1-5-31(45)38-32(35(47)41-17-15-40(16-18-41)19-20-43)24(4)26-11-12-27(28(36)21-26)22-30(44)33(25-9-7-23(3)8-10-25)39-34(46)29-13-14-37-42(29)6-2/h11-14,21,23-25,32-33,43H,5-10,15-20,22H2,1-4H3,(H,38,45)(H,39,46)/t23?,24-,25?,32+,33-/m0/s1. The van der Waals surface area contributed by atoms with Gasteiger partial charge in [-0.05, 0) is 54.9 Å². The Hall–Kier alpha value is -3.64. The number of Topliss-reactive ketones (excluding diaryl/α,β-unsaturated/α-hetero) is 1. The van der Waals surface area contributed by atoms with E-state index in [4.69, 9.17) is 0 Å². The molecule has 3 amide bonds. The second-order valence-electron chi connectivity index (χ2n) is 13.1. The van der Waals surface area contributed by atoms with Gasteiger partial charge in [-0.2, -0.15) is 5.10 Å². The molecular weight excluding hydrogens is 603 g/mol. The minimum atomic E-state index is -0.886. The number of aliphatic hydroxyl groups is 1. The molecule has 258 valence electrons. The lowest BCUT2D eigenvalue weighted by Gasteiger charge is -2.37. The molecule has 1 saturated carbocycles. The first-order valence-electron chi connectivity index (χ1n) is 17.1. The van der Waals surface area contributed by atoms with Crippen LogP contribution in [0.2, 0.25) is 0 Å². The number of amides is 3. The van der Waals surface area contributed by atoms with Gasteiger partial charge in [-0.15, -0.1) is 0 Å². The van der Waals surface area contributed by atoms with E-state index in [-0.39, 0.29) is 54.4 Å². The minimum absolute atomic E-state index is 0.0394. The van der Waals surface area contributed by atoms with E-state index in [2.05, 4.69) is 27.6 Å². The normalized spacial score (nSPS) is 20.7. The molecule has 11 nitrogen and oxygen atoms in total. The Labute approximate surface area is 277 Å². The van der Waals surface area contributed by atoms with Gasteiger partial charge in [-0.1, -0.05) is 45.7 Å². The highest BCUT2D eigenvalue weighted by Gasteiger charge is 2.35. The molecule has 3 atom stereocenters. The molecule has 1 aliphatic heterocycles. The van der Waals surface area contributed by atoms with Gasteiger partial charge in [0.1, 0.15) is 17.6 Å². The number of piperazine rings is 1. The number of hydrogen-bond acceptors (Lipinski definition) is 7. The zero-order valence-corrected chi connectivity index (χ0v) is 28.2. The number of rotatable bonds is 14. The molecular formula is C35H51FN6O5. The first-order valence-corrected chi connectivity index (χ1v) is 17.1. The van der Waals surface area contributed by atoms with Crippen molar-refractivity contribution in [3.8, 4) is 0 Å². The Morgan fingerprint density at radius 3 is 2.34 bits per heavy atom.